The highest BCUT2D eigenvalue weighted by atomic mass is 16.1. The monoisotopic (exact) mass is 270 g/mol. The maximum absolute atomic E-state index is 11.7. The number of carbonyl (C=O) groups excluding carboxylic acids is 1. The summed E-state index contributed by atoms with van der Waals surface area (Å²) in [6.07, 6.45) is 3.53. The maximum atomic E-state index is 11.7. The van der Waals surface area contributed by atoms with E-state index in [4.69, 9.17) is 5.73 Å². The van der Waals surface area contributed by atoms with Crippen LogP contribution in [0.15, 0.2) is 42.7 Å². The van der Waals surface area contributed by atoms with Crippen LogP contribution in [0.2, 0.25) is 0 Å². The molecule has 4 N–H and O–H groups in total. The van der Waals surface area contributed by atoms with E-state index in [1.165, 1.54) is 0 Å². The number of rotatable bonds is 5. The molecule has 0 aliphatic heterocycles. The molecule has 0 atom stereocenters. The maximum Gasteiger partial charge on any atom is 0.251 e. The third-order valence-electron chi connectivity index (χ3n) is 2.86. The molecule has 0 saturated heterocycles. The predicted octanol–water partition coefficient (Wildman–Crippen LogP) is 2.03. The number of nitrogens with one attached hydrogen (secondary N) is 2. The van der Waals surface area contributed by atoms with Crippen molar-refractivity contribution in [1.29, 1.82) is 0 Å². The fourth-order valence-corrected chi connectivity index (χ4v) is 1.83. The van der Waals surface area contributed by atoms with Crippen molar-refractivity contribution in [2.45, 2.75) is 13.5 Å². The first kappa shape index (κ1) is 13.9. The highest BCUT2D eigenvalue weighted by molar-refractivity contribution is 5.96. The van der Waals surface area contributed by atoms with Crippen molar-refractivity contribution in [3.63, 3.8) is 0 Å². The van der Waals surface area contributed by atoms with Crippen LogP contribution in [-0.4, -0.2) is 17.4 Å². The van der Waals surface area contributed by atoms with Gasteiger partial charge < -0.3 is 16.4 Å². The van der Waals surface area contributed by atoms with E-state index in [0.29, 0.717) is 24.3 Å². The van der Waals surface area contributed by atoms with Crippen molar-refractivity contribution in [2.75, 3.05) is 17.6 Å². The standard InChI is InChI=1S/C15H18N4O/c1-2-18-15(20)12-5-6-14(13(16)8-12)19-10-11-4-3-7-17-9-11/h3-9,19H,2,10,16H2,1H3,(H,18,20). The molecule has 1 heterocycles. The number of hydrogen-bond acceptors (Lipinski definition) is 4. The number of carbonyl (C=O) groups is 1. The molecule has 0 radical (unpaired) electrons. The zero-order valence-electron chi connectivity index (χ0n) is 11.4. The number of amides is 1. The molecule has 0 fully saturated rings. The van der Waals surface area contributed by atoms with E-state index in [0.717, 1.165) is 11.3 Å². The van der Waals surface area contributed by atoms with E-state index in [2.05, 4.69) is 15.6 Å². The van der Waals surface area contributed by atoms with Gasteiger partial charge in [0.1, 0.15) is 0 Å². The van der Waals surface area contributed by atoms with Gasteiger partial charge in [-0.1, -0.05) is 6.07 Å². The van der Waals surface area contributed by atoms with Crippen molar-refractivity contribution in [3.05, 3.63) is 53.9 Å². The van der Waals surface area contributed by atoms with Crippen LogP contribution < -0.4 is 16.4 Å². The molecule has 0 spiro atoms. The second-order valence-electron chi connectivity index (χ2n) is 4.38. The summed E-state index contributed by atoms with van der Waals surface area (Å²) in [5, 5.41) is 5.97. The number of aromatic nitrogens is 1. The molecule has 2 aromatic rings. The Morgan fingerprint density at radius 2 is 2.20 bits per heavy atom. The van der Waals surface area contributed by atoms with Crippen molar-refractivity contribution < 1.29 is 4.79 Å². The first-order valence-electron chi connectivity index (χ1n) is 6.51. The molecule has 5 nitrogen and oxygen atoms in total. The number of pyridine rings is 1. The second kappa shape index (κ2) is 6.56. The van der Waals surface area contributed by atoms with Crippen LogP contribution in [0.3, 0.4) is 0 Å². The number of hydrogen-bond donors (Lipinski definition) is 3. The molecular weight excluding hydrogens is 252 g/mol. The van der Waals surface area contributed by atoms with Crippen LogP contribution in [-0.2, 0) is 6.54 Å². The molecular formula is C15H18N4O. The molecule has 20 heavy (non-hydrogen) atoms. The highest BCUT2D eigenvalue weighted by Crippen LogP contribution is 2.20. The highest BCUT2D eigenvalue weighted by Gasteiger charge is 2.07. The third-order valence-corrected chi connectivity index (χ3v) is 2.86. The molecule has 1 aromatic carbocycles. The van der Waals surface area contributed by atoms with Crippen LogP contribution in [0, 0.1) is 0 Å². The first-order chi connectivity index (χ1) is 9.70. The van der Waals surface area contributed by atoms with Crippen molar-refractivity contribution in [3.8, 4) is 0 Å². The van der Waals surface area contributed by atoms with Gasteiger partial charge in [0.2, 0.25) is 0 Å². The Balaban J connectivity index is 2.04. The lowest BCUT2D eigenvalue weighted by atomic mass is 10.1. The molecule has 0 bridgehead atoms. The fraction of sp³-hybridized carbons (Fsp3) is 0.200. The number of anilines is 2. The molecule has 0 unspecified atom stereocenters. The SMILES string of the molecule is CCNC(=O)c1ccc(NCc2cccnc2)c(N)c1. The summed E-state index contributed by atoms with van der Waals surface area (Å²) in [4.78, 5) is 15.7. The average molecular weight is 270 g/mol. The lowest BCUT2D eigenvalue weighted by Crippen LogP contribution is -2.22. The van der Waals surface area contributed by atoms with Crippen molar-refractivity contribution in [1.82, 2.24) is 10.3 Å². The Morgan fingerprint density at radius 1 is 1.35 bits per heavy atom. The summed E-state index contributed by atoms with van der Waals surface area (Å²) in [5.74, 6) is -0.113. The summed E-state index contributed by atoms with van der Waals surface area (Å²) in [7, 11) is 0. The quantitative estimate of drug-likeness (QED) is 0.726. The van der Waals surface area contributed by atoms with Gasteiger partial charge in [-0.05, 0) is 36.8 Å². The van der Waals surface area contributed by atoms with Gasteiger partial charge in [0.05, 0.1) is 11.4 Å². The van der Waals surface area contributed by atoms with E-state index < -0.39 is 0 Å². The van der Waals surface area contributed by atoms with Crippen molar-refractivity contribution in [2.24, 2.45) is 0 Å². The van der Waals surface area contributed by atoms with Gasteiger partial charge >= 0.3 is 0 Å². The van der Waals surface area contributed by atoms with Gasteiger partial charge in [0, 0.05) is 31.0 Å². The first-order valence-corrected chi connectivity index (χ1v) is 6.51. The molecule has 1 amide bonds. The van der Waals surface area contributed by atoms with E-state index in [-0.39, 0.29) is 5.91 Å². The minimum absolute atomic E-state index is 0.113. The fourth-order valence-electron chi connectivity index (χ4n) is 1.83. The predicted molar refractivity (Wildman–Crippen MR) is 80.4 cm³/mol. The summed E-state index contributed by atoms with van der Waals surface area (Å²) in [6, 6.07) is 9.12. The zero-order chi connectivity index (χ0) is 14.4. The van der Waals surface area contributed by atoms with Crippen LogP contribution >= 0.6 is 0 Å². The Morgan fingerprint density at radius 3 is 2.85 bits per heavy atom. The van der Waals surface area contributed by atoms with Gasteiger partial charge in [-0.2, -0.15) is 0 Å². The normalized spacial score (nSPS) is 10.1. The molecule has 2 rings (SSSR count). The molecule has 5 heteroatoms. The van der Waals surface area contributed by atoms with Gasteiger partial charge in [-0.3, -0.25) is 9.78 Å². The van der Waals surface area contributed by atoms with E-state index in [1.807, 2.05) is 25.1 Å². The number of benzene rings is 1. The largest absolute Gasteiger partial charge is 0.397 e. The minimum atomic E-state index is -0.113. The topological polar surface area (TPSA) is 80.0 Å². The van der Waals surface area contributed by atoms with Crippen LogP contribution in [0.1, 0.15) is 22.8 Å². The van der Waals surface area contributed by atoms with Gasteiger partial charge in [0.25, 0.3) is 5.91 Å². The van der Waals surface area contributed by atoms with Crippen LogP contribution in [0.5, 0.6) is 0 Å². The Labute approximate surface area is 118 Å². The molecule has 0 saturated carbocycles. The lowest BCUT2D eigenvalue weighted by Gasteiger charge is -2.11. The van der Waals surface area contributed by atoms with E-state index >= 15 is 0 Å². The molecule has 0 aliphatic rings. The van der Waals surface area contributed by atoms with Crippen LogP contribution in [0.25, 0.3) is 0 Å². The summed E-state index contributed by atoms with van der Waals surface area (Å²) in [6.45, 7) is 3.11. The molecule has 104 valence electrons. The van der Waals surface area contributed by atoms with Crippen molar-refractivity contribution >= 4 is 17.3 Å². The van der Waals surface area contributed by atoms with E-state index in [9.17, 15) is 4.79 Å². The van der Waals surface area contributed by atoms with E-state index in [1.54, 1.807) is 24.5 Å². The Hall–Kier alpha value is -2.56. The second-order valence-corrected chi connectivity index (χ2v) is 4.38. The Kier molecular flexibility index (Phi) is 4.55. The summed E-state index contributed by atoms with van der Waals surface area (Å²) < 4.78 is 0. The number of nitrogens with two attached hydrogens (primary N) is 1. The summed E-state index contributed by atoms with van der Waals surface area (Å²) in [5.41, 5.74) is 8.96. The van der Waals surface area contributed by atoms with Gasteiger partial charge in [-0.25, -0.2) is 0 Å². The zero-order valence-corrected chi connectivity index (χ0v) is 11.4. The minimum Gasteiger partial charge on any atom is -0.397 e. The third kappa shape index (κ3) is 3.47. The number of nitrogens with zero attached hydrogens (tertiary/aromatic N) is 1. The van der Waals surface area contributed by atoms with Crippen LogP contribution in [0.4, 0.5) is 11.4 Å². The lowest BCUT2D eigenvalue weighted by molar-refractivity contribution is 0.0956. The average Bonchev–Trinajstić information content (AvgIpc) is 2.47. The molecule has 0 aliphatic carbocycles. The van der Waals surface area contributed by atoms with Gasteiger partial charge in [0.15, 0.2) is 0 Å². The smallest absolute Gasteiger partial charge is 0.251 e. The molecule has 1 aromatic heterocycles. The van der Waals surface area contributed by atoms with Gasteiger partial charge in [-0.15, -0.1) is 0 Å². The Bertz CT molecular complexity index is 584. The number of nitrogen functional groups attached to an aromatic ring is 1. The summed E-state index contributed by atoms with van der Waals surface area (Å²) >= 11 is 0.